The minimum atomic E-state index is 0.699. The van der Waals surface area contributed by atoms with Crippen LogP contribution < -0.4 is 10.2 Å². The van der Waals surface area contributed by atoms with Crippen LogP contribution in [-0.4, -0.2) is 24.6 Å². The molecule has 1 aliphatic heterocycles. The van der Waals surface area contributed by atoms with E-state index < -0.39 is 0 Å². The van der Waals surface area contributed by atoms with E-state index in [-0.39, 0.29) is 0 Å². The van der Waals surface area contributed by atoms with Crippen molar-refractivity contribution in [3.8, 4) is 0 Å². The van der Waals surface area contributed by atoms with E-state index >= 15 is 0 Å². The topological polar surface area (TPSA) is 28.2 Å². The molecule has 0 unspecified atom stereocenters. The summed E-state index contributed by atoms with van der Waals surface area (Å²) in [5.74, 6) is 0. The van der Waals surface area contributed by atoms with Crippen LogP contribution in [0.1, 0.15) is 57.4 Å². The minimum absolute atomic E-state index is 0.699. The number of nitrogens with zero attached hydrogens (tertiary/aromatic N) is 2. The summed E-state index contributed by atoms with van der Waals surface area (Å²) >= 11 is 0. The largest absolute Gasteiger partial charge is 0.371 e. The van der Waals surface area contributed by atoms with Crippen LogP contribution in [0.15, 0.2) is 18.5 Å². The van der Waals surface area contributed by atoms with Gasteiger partial charge in [-0.25, -0.2) is 0 Å². The Kier molecular flexibility index (Phi) is 4.79. The third-order valence-corrected chi connectivity index (χ3v) is 5.45. The zero-order valence-corrected chi connectivity index (χ0v) is 13.4. The van der Waals surface area contributed by atoms with E-state index in [0.717, 1.165) is 13.1 Å². The Morgan fingerprint density at radius 3 is 2.67 bits per heavy atom. The van der Waals surface area contributed by atoms with Crippen molar-refractivity contribution >= 4 is 5.69 Å². The SMILES string of the molecule is CCCNCc1cnccc1N1CCC2(CCCC2)CC1. The average Bonchev–Trinajstić information content (AvgIpc) is 2.97. The molecule has 1 aromatic heterocycles. The quantitative estimate of drug-likeness (QED) is 0.836. The fraction of sp³-hybridized carbons (Fsp3) is 0.722. The van der Waals surface area contributed by atoms with Crippen molar-refractivity contribution in [1.82, 2.24) is 10.3 Å². The highest BCUT2D eigenvalue weighted by atomic mass is 15.1. The zero-order chi connectivity index (χ0) is 14.5. The Labute approximate surface area is 129 Å². The van der Waals surface area contributed by atoms with Crippen molar-refractivity contribution < 1.29 is 0 Å². The zero-order valence-electron chi connectivity index (χ0n) is 13.4. The Morgan fingerprint density at radius 1 is 1.19 bits per heavy atom. The standard InChI is InChI=1S/C18H29N3/c1-2-10-19-14-16-15-20-11-5-17(16)21-12-8-18(9-13-21)6-3-4-7-18/h5,11,15,19H,2-4,6-10,12-14H2,1H3. The van der Waals surface area contributed by atoms with Gasteiger partial charge in [-0.05, 0) is 50.1 Å². The molecule has 2 aliphatic rings. The lowest BCUT2D eigenvalue weighted by molar-refractivity contribution is 0.226. The van der Waals surface area contributed by atoms with Crippen molar-refractivity contribution in [2.24, 2.45) is 5.41 Å². The second kappa shape index (κ2) is 6.78. The molecule has 3 rings (SSSR count). The second-order valence-electron chi connectivity index (χ2n) is 6.88. The molecule has 3 heteroatoms. The van der Waals surface area contributed by atoms with Gasteiger partial charge < -0.3 is 10.2 Å². The molecule has 1 N–H and O–H groups in total. The molecule has 2 fully saturated rings. The molecule has 1 aromatic rings. The van der Waals surface area contributed by atoms with E-state index in [1.807, 2.05) is 12.4 Å². The highest BCUT2D eigenvalue weighted by Crippen LogP contribution is 2.46. The highest BCUT2D eigenvalue weighted by Gasteiger charge is 2.37. The van der Waals surface area contributed by atoms with Crippen LogP contribution in [0.3, 0.4) is 0 Å². The van der Waals surface area contributed by atoms with Gasteiger partial charge in [-0.2, -0.15) is 0 Å². The first-order chi connectivity index (χ1) is 10.3. The Balaban J connectivity index is 1.64. The van der Waals surface area contributed by atoms with E-state index in [0.29, 0.717) is 5.41 Å². The van der Waals surface area contributed by atoms with E-state index in [1.54, 1.807) is 0 Å². The summed E-state index contributed by atoms with van der Waals surface area (Å²) in [6, 6.07) is 2.20. The predicted octanol–water partition coefficient (Wildman–Crippen LogP) is 3.74. The van der Waals surface area contributed by atoms with Crippen molar-refractivity contribution in [2.75, 3.05) is 24.5 Å². The summed E-state index contributed by atoms with van der Waals surface area (Å²) in [6.07, 6.45) is 13.8. The number of nitrogens with one attached hydrogen (secondary N) is 1. The van der Waals surface area contributed by atoms with Crippen LogP contribution in [-0.2, 0) is 6.54 Å². The lowest BCUT2D eigenvalue weighted by atomic mass is 9.77. The minimum Gasteiger partial charge on any atom is -0.371 e. The van der Waals surface area contributed by atoms with Gasteiger partial charge in [-0.15, -0.1) is 0 Å². The molecular formula is C18H29N3. The normalized spacial score (nSPS) is 21.1. The first kappa shape index (κ1) is 14.8. The van der Waals surface area contributed by atoms with E-state index in [2.05, 4.69) is 28.2 Å². The molecule has 1 spiro atoms. The fourth-order valence-electron chi connectivity index (χ4n) is 4.11. The van der Waals surface area contributed by atoms with Crippen LogP contribution in [0.4, 0.5) is 5.69 Å². The number of hydrogen-bond donors (Lipinski definition) is 1. The summed E-state index contributed by atoms with van der Waals surface area (Å²) in [6.45, 7) is 6.69. The van der Waals surface area contributed by atoms with E-state index in [9.17, 15) is 0 Å². The molecule has 0 radical (unpaired) electrons. The Morgan fingerprint density at radius 2 is 1.95 bits per heavy atom. The number of anilines is 1. The summed E-state index contributed by atoms with van der Waals surface area (Å²) in [5.41, 5.74) is 3.46. The summed E-state index contributed by atoms with van der Waals surface area (Å²) < 4.78 is 0. The number of aromatic nitrogens is 1. The van der Waals surface area contributed by atoms with Gasteiger partial charge in [0.25, 0.3) is 0 Å². The predicted molar refractivity (Wildman–Crippen MR) is 88.6 cm³/mol. The molecule has 3 nitrogen and oxygen atoms in total. The molecule has 1 aliphatic carbocycles. The van der Waals surface area contributed by atoms with Gasteiger partial charge in [-0.1, -0.05) is 19.8 Å². The summed E-state index contributed by atoms with van der Waals surface area (Å²) in [5, 5.41) is 3.51. The van der Waals surface area contributed by atoms with Crippen LogP contribution in [0.25, 0.3) is 0 Å². The molecule has 21 heavy (non-hydrogen) atoms. The average molecular weight is 287 g/mol. The number of piperidine rings is 1. The maximum Gasteiger partial charge on any atom is 0.0442 e. The molecular weight excluding hydrogens is 258 g/mol. The molecule has 2 heterocycles. The third kappa shape index (κ3) is 3.39. The first-order valence-electron chi connectivity index (χ1n) is 8.72. The molecule has 0 amide bonds. The van der Waals surface area contributed by atoms with Crippen LogP contribution >= 0.6 is 0 Å². The first-order valence-corrected chi connectivity index (χ1v) is 8.72. The van der Waals surface area contributed by atoms with E-state index in [4.69, 9.17) is 0 Å². The lowest BCUT2D eigenvalue weighted by Gasteiger charge is -2.41. The molecule has 1 saturated heterocycles. The lowest BCUT2D eigenvalue weighted by Crippen LogP contribution is -2.39. The van der Waals surface area contributed by atoms with Gasteiger partial charge >= 0.3 is 0 Å². The van der Waals surface area contributed by atoms with Gasteiger partial charge in [0.15, 0.2) is 0 Å². The molecule has 1 saturated carbocycles. The smallest absolute Gasteiger partial charge is 0.0442 e. The van der Waals surface area contributed by atoms with Crippen molar-refractivity contribution in [1.29, 1.82) is 0 Å². The molecule has 0 aromatic carbocycles. The highest BCUT2D eigenvalue weighted by molar-refractivity contribution is 5.52. The van der Waals surface area contributed by atoms with Crippen LogP contribution in [0.5, 0.6) is 0 Å². The third-order valence-electron chi connectivity index (χ3n) is 5.45. The van der Waals surface area contributed by atoms with Gasteiger partial charge in [0, 0.05) is 43.3 Å². The molecule has 0 bridgehead atoms. The number of rotatable bonds is 5. The van der Waals surface area contributed by atoms with Crippen molar-refractivity contribution in [3.05, 3.63) is 24.0 Å². The fourth-order valence-corrected chi connectivity index (χ4v) is 4.11. The van der Waals surface area contributed by atoms with Gasteiger partial charge in [0.05, 0.1) is 0 Å². The summed E-state index contributed by atoms with van der Waals surface area (Å²) in [4.78, 5) is 6.91. The molecule has 116 valence electrons. The van der Waals surface area contributed by atoms with Crippen molar-refractivity contribution in [3.63, 3.8) is 0 Å². The maximum atomic E-state index is 4.32. The van der Waals surface area contributed by atoms with Crippen LogP contribution in [0, 0.1) is 5.41 Å². The monoisotopic (exact) mass is 287 g/mol. The van der Waals surface area contributed by atoms with Gasteiger partial charge in [0.1, 0.15) is 0 Å². The Hall–Kier alpha value is -1.09. The Bertz CT molecular complexity index is 442. The van der Waals surface area contributed by atoms with Crippen LogP contribution in [0.2, 0.25) is 0 Å². The van der Waals surface area contributed by atoms with Crippen molar-refractivity contribution in [2.45, 2.75) is 58.4 Å². The number of pyridine rings is 1. The molecule has 0 atom stereocenters. The van der Waals surface area contributed by atoms with Gasteiger partial charge in [-0.3, -0.25) is 4.98 Å². The van der Waals surface area contributed by atoms with Gasteiger partial charge in [0.2, 0.25) is 0 Å². The maximum absolute atomic E-state index is 4.32. The number of hydrogen-bond acceptors (Lipinski definition) is 3. The second-order valence-corrected chi connectivity index (χ2v) is 6.88. The van der Waals surface area contributed by atoms with E-state index in [1.165, 1.54) is 69.3 Å². The summed E-state index contributed by atoms with van der Waals surface area (Å²) in [7, 11) is 0.